The standard InChI is InChI=1S/C14H22N2O3/c1-5-19-9-10(2)15-13-8-12(16-11(3)17)6-7-14(13)18-4/h6-8,10,15H,5,9H2,1-4H3,(H,16,17). The largest absolute Gasteiger partial charge is 0.495 e. The smallest absolute Gasteiger partial charge is 0.221 e. The van der Waals surface area contributed by atoms with Crippen LogP contribution in [0.1, 0.15) is 20.8 Å². The molecule has 0 bridgehead atoms. The number of ether oxygens (including phenoxy) is 2. The van der Waals surface area contributed by atoms with E-state index in [1.165, 1.54) is 6.92 Å². The van der Waals surface area contributed by atoms with Crippen molar-refractivity contribution in [2.45, 2.75) is 26.8 Å². The number of methoxy groups -OCH3 is 1. The Hall–Kier alpha value is -1.75. The highest BCUT2D eigenvalue weighted by Crippen LogP contribution is 2.28. The van der Waals surface area contributed by atoms with Crippen molar-refractivity contribution in [2.75, 3.05) is 31.0 Å². The highest BCUT2D eigenvalue weighted by atomic mass is 16.5. The average Bonchev–Trinajstić information content (AvgIpc) is 2.36. The van der Waals surface area contributed by atoms with Gasteiger partial charge in [0.2, 0.25) is 5.91 Å². The normalized spacial score (nSPS) is 11.8. The van der Waals surface area contributed by atoms with Crippen molar-refractivity contribution in [2.24, 2.45) is 0 Å². The third-order valence-corrected chi connectivity index (χ3v) is 2.49. The minimum Gasteiger partial charge on any atom is -0.495 e. The van der Waals surface area contributed by atoms with E-state index in [2.05, 4.69) is 10.6 Å². The molecule has 0 radical (unpaired) electrons. The Kier molecular flexibility index (Phi) is 6.15. The van der Waals surface area contributed by atoms with Crippen molar-refractivity contribution < 1.29 is 14.3 Å². The second-order valence-electron chi connectivity index (χ2n) is 4.30. The molecule has 1 amide bonds. The van der Waals surface area contributed by atoms with Gasteiger partial charge in [-0.3, -0.25) is 4.79 Å². The molecule has 1 unspecified atom stereocenters. The fourth-order valence-electron chi connectivity index (χ4n) is 1.70. The molecule has 0 aliphatic heterocycles. The molecule has 1 aromatic carbocycles. The highest BCUT2D eigenvalue weighted by molar-refractivity contribution is 5.89. The lowest BCUT2D eigenvalue weighted by atomic mass is 10.2. The van der Waals surface area contributed by atoms with E-state index in [1.54, 1.807) is 13.2 Å². The number of hydrogen-bond donors (Lipinski definition) is 2. The van der Waals surface area contributed by atoms with Gasteiger partial charge in [0.25, 0.3) is 0 Å². The van der Waals surface area contributed by atoms with Gasteiger partial charge in [-0.25, -0.2) is 0 Å². The molecule has 19 heavy (non-hydrogen) atoms. The lowest BCUT2D eigenvalue weighted by Gasteiger charge is -2.18. The minimum atomic E-state index is -0.0986. The number of amides is 1. The Bertz CT molecular complexity index is 421. The molecule has 0 heterocycles. The summed E-state index contributed by atoms with van der Waals surface area (Å²) in [6.07, 6.45) is 0. The number of hydrogen-bond acceptors (Lipinski definition) is 4. The van der Waals surface area contributed by atoms with Crippen LogP contribution in [0, 0.1) is 0 Å². The van der Waals surface area contributed by atoms with E-state index in [0.29, 0.717) is 13.2 Å². The summed E-state index contributed by atoms with van der Waals surface area (Å²) >= 11 is 0. The SMILES string of the molecule is CCOCC(C)Nc1cc(NC(C)=O)ccc1OC. The van der Waals surface area contributed by atoms with E-state index in [0.717, 1.165) is 17.1 Å². The van der Waals surface area contributed by atoms with E-state index in [4.69, 9.17) is 9.47 Å². The summed E-state index contributed by atoms with van der Waals surface area (Å²) in [6, 6.07) is 5.63. The molecule has 0 fully saturated rings. The van der Waals surface area contributed by atoms with E-state index in [9.17, 15) is 4.79 Å². The van der Waals surface area contributed by atoms with Gasteiger partial charge in [-0.1, -0.05) is 0 Å². The fraction of sp³-hybridized carbons (Fsp3) is 0.500. The quantitative estimate of drug-likeness (QED) is 0.796. The van der Waals surface area contributed by atoms with Gasteiger partial charge >= 0.3 is 0 Å². The summed E-state index contributed by atoms with van der Waals surface area (Å²) in [4.78, 5) is 11.1. The number of benzene rings is 1. The maximum atomic E-state index is 11.1. The predicted octanol–water partition coefficient (Wildman–Crippen LogP) is 2.49. The Labute approximate surface area is 114 Å². The van der Waals surface area contributed by atoms with Crippen molar-refractivity contribution >= 4 is 17.3 Å². The molecule has 1 rings (SSSR count). The molecule has 0 saturated carbocycles. The first kappa shape index (κ1) is 15.3. The lowest BCUT2D eigenvalue weighted by molar-refractivity contribution is -0.114. The lowest BCUT2D eigenvalue weighted by Crippen LogP contribution is -2.22. The van der Waals surface area contributed by atoms with Crippen LogP contribution in [0.5, 0.6) is 5.75 Å². The van der Waals surface area contributed by atoms with Crippen LogP contribution in [0.3, 0.4) is 0 Å². The molecule has 106 valence electrons. The molecule has 5 heteroatoms. The Balaban J connectivity index is 2.80. The second-order valence-corrected chi connectivity index (χ2v) is 4.30. The maximum absolute atomic E-state index is 11.1. The van der Waals surface area contributed by atoms with Crippen molar-refractivity contribution in [3.05, 3.63) is 18.2 Å². The highest BCUT2D eigenvalue weighted by Gasteiger charge is 2.08. The van der Waals surface area contributed by atoms with E-state index < -0.39 is 0 Å². The molecule has 5 nitrogen and oxygen atoms in total. The van der Waals surface area contributed by atoms with Crippen LogP contribution in [-0.4, -0.2) is 32.3 Å². The zero-order valence-corrected chi connectivity index (χ0v) is 11.9. The number of carbonyl (C=O) groups is 1. The van der Waals surface area contributed by atoms with Gasteiger partial charge in [-0.2, -0.15) is 0 Å². The fourth-order valence-corrected chi connectivity index (χ4v) is 1.70. The topological polar surface area (TPSA) is 59.6 Å². The molecule has 0 aromatic heterocycles. The molecule has 0 aliphatic carbocycles. The minimum absolute atomic E-state index is 0.0986. The zero-order chi connectivity index (χ0) is 14.3. The molecule has 1 atom stereocenters. The van der Waals surface area contributed by atoms with Gasteiger partial charge in [0.1, 0.15) is 5.75 Å². The van der Waals surface area contributed by atoms with E-state index in [-0.39, 0.29) is 11.9 Å². The third kappa shape index (κ3) is 5.18. The Morgan fingerprint density at radius 1 is 1.42 bits per heavy atom. The summed E-state index contributed by atoms with van der Waals surface area (Å²) in [5.41, 5.74) is 1.57. The Morgan fingerprint density at radius 2 is 2.16 bits per heavy atom. The maximum Gasteiger partial charge on any atom is 0.221 e. The van der Waals surface area contributed by atoms with Gasteiger partial charge in [0.05, 0.1) is 19.4 Å². The van der Waals surface area contributed by atoms with Gasteiger partial charge < -0.3 is 20.1 Å². The number of nitrogens with one attached hydrogen (secondary N) is 2. The summed E-state index contributed by atoms with van der Waals surface area (Å²) in [5.74, 6) is 0.635. The molecular weight excluding hydrogens is 244 g/mol. The van der Waals surface area contributed by atoms with Crippen LogP contribution in [0.15, 0.2) is 18.2 Å². The van der Waals surface area contributed by atoms with Gasteiger partial charge in [-0.15, -0.1) is 0 Å². The molecule has 2 N–H and O–H groups in total. The first-order valence-corrected chi connectivity index (χ1v) is 6.36. The predicted molar refractivity (Wildman–Crippen MR) is 76.9 cm³/mol. The number of carbonyl (C=O) groups excluding carboxylic acids is 1. The molecular formula is C14H22N2O3. The van der Waals surface area contributed by atoms with Crippen molar-refractivity contribution in [3.8, 4) is 5.75 Å². The molecule has 1 aromatic rings. The van der Waals surface area contributed by atoms with Crippen LogP contribution >= 0.6 is 0 Å². The van der Waals surface area contributed by atoms with Gasteiger partial charge in [0.15, 0.2) is 0 Å². The summed E-state index contributed by atoms with van der Waals surface area (Å²) < 4.78 is 10.7. The first-order chi connectivity index (χ1) is 9.06. The second kappa shape index (κ2) is 7.63. The first-order valence-electron chi connectivity index (χ1n) is 6.36. The van der Waals surface area contributed by atoms with Crippen molar-refractivity contribution in [1.29, 1.82) is 0 Å². The molecule has 0 aliphatic rings. The average molecular weight is 266 g/mol. The van der Waals surface area contributed by atoms with Crippen LogP contribution in [-0.2, 0) is 9.53 Å². The van der Waals surface area contributed by atoms with Crippen molar-refractivity contribution in [1.82, 2.24) is 0 Å². The van der Waals surface area contributed by atoms with E-state index >= 15 is 0 Å². The van der Waals surface area contributed by atoms with Crippen LogP contribution < -0.4 is 15.4 Å². The zero-order valence-electron chi connectivity index (χ0n) is 11.9. The third-order valence-electron chi connectivity index (χ3n) is 2.49. The molecule has 0 saturated heterocycles. The summed E-state index contributed by atoms with van der Waals surface area (Å²) in [5, 5.41) is 6.06. The summed E-state index contributed by atoms with van der Waals surface area (Å²) in [7, 11) is 1.62. The van der Waals surface area contributed by atoms with Crippen LogP contribution in [0.2, 0.25) is 0 Å². The van der Waals surface area contributed by atoms with Crippen LogP contribution in [0.25, 0.3) is 0 Å². The monoisotopic (exact) mass is 266 g/mol. The van der Waals surface area contributed by atoms with Gasteiger partial charge in [0, 0.05) is 25.3 Å². The van der Waals surface area contributed by atoms with E-state index in [1.807, 2.05) is 26.0 Å². The Morgan fingerprint density at radius 3 is 2.74 bits per heavy atom. The van der Waals surface area contributed by atoms with Gasteiger partial charge in [-0.05, 0) is 32.0 Å². The van der Waals surface area contributed by atoms with Crippen molar-refractivity contribution in [3.63, 3.8) is 0 Å². The van der Waals surface area contributed by atoms with Crippen LogP contribution in [0.4, 0.5) is 11.4 Å². The molecule has 0 spiro atoms. The number of rotatable bonds is 7. The number of anilines is 2. The summed E-state index contributed by atoms with van der Waals surface area (Å²) in [6.45, 7) is 6.78.